The average Bonchev–Trinajstić information content (AvgIpc) is 2.88. The molecule has 1 aromatic carbocycles. The Balaban J connectivity index is 1.89. The molecule has 0 saturated carbocycles. The van der Waals surface area contributed by atoms with Crippen molar-refractivity contribution in [3.05, 3.63) is 58.7 Å². The minimum atomic E-state index is 0.360. The van der Waals surface area contributed by atoms with Gasteiger partial charge in [0.25, 0.3) is 0 Å². The fourth-order valence-electron chi connectivity index (χ4n) is 3.04. The third-order valence-electron chi connectivity index (χ3n) is 4.06. The van der Waals surface area contributed by atoms with Crippen LogP contribution in [-0.2, 0) is 13.0 Å². The molecule has 1 aromatic heterocycles. The maximum absolute atomic E-state index is 4.81. The minimum Gasteiger partial charge on any atom is -0.309 e. The predicted octanol–water partition coefficient (Wildman–Crippen LogP) is 3.36. The van der Waals surface area contributed by atoms with Crippen LogP contribution in [0.25, 0.3) is 0 Å². The van der Waals surface area contributed by atoms with Crippen LogP contribution in [0.5, 0.6) is 0 Å². The Hall–Kier alpha value is -1.74. The first-order valence-corrected chi connectivity index (χ1v) is 7.79. The maximum Gasteiger partial charge on any atom is 0.136 e. The smallest absolute Gasteiger partial charge is 0.136 e. The number of fused-ring (bicyclic) bond motifs is 1. The maximum atomic E-state index is 4.81. The molecule has 21 heavy (non-hydrogen) atoms. The number of hydrogen-bond donors (Lipinski definition) is 1. The Morgan fingerprint density at radius 1 is 1.24 bits per heavy atom. The number of nitrogens with one attached hydrogen (secondary N) is 1. The van der Waals surface area contributed by atoms with Gasteiger partial charge in [-0.15, -0.1) is 0 Å². The van der Waals surface area contributed by atoms with Crippen molar-refractivity contribution in [2.24, 2.45) is 0 Å². The average molecular weight is 281 g/mol. The molecule has 0 radical (unpaired) electrons. The highest BCUT2D eigenvalue weighted by atomic mass is 15.0. The number of aryl methyl sites for hydroxylation is 2. The SMILES string of the molecule is Cc1cc(CNC(C)C)nc(C2CCc3ccccc32)n1. The van der Waals surface area contributed by atoms with Crippen molar-refractivity contribution in [1.29, 1.82) is 0 Å². The van der Waals surface area contributed by atoms with Gasteiger partial charge in [-0.25, -0.2) is 9.97 Å². The highest BCUT2D eigenvalue weighted by Crippen LogP contribution is 2.36. The van der Waals surface area contributed by atoms with Crippen LogP contribution in [0.15, 0.2) is 30.3 Å². The summed E-state index contributed by atoms with van der Waals surface area (Å²) in [4.78, 5) is 9.52. The summed E-state index contributed by atoms with van der Waals surface area (Å²) >= 11 is 0. The van der Waals surface area contributed by atoms with Crippen LogP contribution in [0.1, 0.15) is 54.5 Å². The molecule has 1 atom stereocenters. The summed E-state index contributed by atoms with van der Waals surface area (Å²) in [6, 6.07) is 11.2. The molecular formula is C18H23N3. The summed E-state index contributed by atoms with van der Waals surface area (Å²) in [6.45, 7) is 7.18. The molecule has 1 aliphatic carbocycles. The Morgan fingerprint density at radius 2 is 2.05 bits per heavy atom. The van der Waals surface area contributed by atoms with E-state index in [1.54, 1.807) is 0 Å². The first kappa shape index (κ1) is 14.2. The topological polar surface area (TPSA) is 37.8 Å². The van der Waals surface area contributed by atoms with E-state index in [2.05, 4.69) is 56.4 Å². The molecule has 1 aliphatic rings. The van der Waals surface area contributed by atoms with Gasteiger partial charge in [0, 0.05) is 24.2 Å². The molecule has 0 aliphatic heterocycles. The van der Waals surface area contributed by atoms with Crippen molar-refractivity contribution in [3.63, 3.8) is 0 Å². The molecule has 0 spiro atoms. The third-order valence-corrected chi connectivity index (χ3v) is 4.06. The van der Waals surface area contributed by atoms with E-state index in [4.69, 9.17) is 9.97 Å². The fraction of sp³-hybridized carbons (Fsp3) is 0.444. The lowest BCUT2D eigenvalue weighted by molar-refractivity contribution is 0.576. The van der Waals surface area contributed by atoms with E-state index in [1.165, 1.54) is 11.1 Å². The Kier molecular flexibility index (Phi) is 4.02. The summed E-state index contributed by atoms with van der Waals surface area (Å²) in [5.74, 6) is 1.35. The van der Waals surface area contributed by atoms with Crippen molar-refractivity contribution >= 4 is 0 Å². The van der Waals surface area contributed by atoms with E-state index in [9.17, 15) is 0 Å². The van der Waals surface area contributed by atoms with E-state index < -0.39 is 0 Å². The van der Waals surface area contributed by atoms with Crippen LogP contribution in [0.3, 0.4) is 0 Å². The zero-order valence-corrected chi connectivity index (χ0v) is 13.1. The van der Waals surface area contributed by atoms with Crippen LogP contribution in [0.2, 0.25) is 0 Å². The van der Waals surface area contributed by atoms with Gasteiger partial charge in [0.2, 0.25) is 0 Å². The van der Waals surface area contributed by atoms with Crippen molar-refractivity contribution in [2.75, 3.05) is 0 Å². The first-order valence-electron chi connectivity index (χ1n) is 7.79. The fourth-order valence-corrected chi connectivity index (χ4v) is 3.04. The normalized spacial score (nSPS) is 17.2. The molecule has 0 saturated heterocycles. The second-order valence-corrected chi connectivity index (χ2v) is 6.18. The van der Waals surface area contributed by atoms with Crippen LogP contribution < -0.4 is 5.32 Å². The number of hydrogen-bond acceptors (Lipinski definition) is 3. The van der Waals surface area contributed by atoms with Gasteiger partial charge in [0.15, 0.2) is 0 Å². The Morgan fingerprint density at radius 3 is 2.86 bits per heavy atom. The third kappa shape index (κ3) is 3.13. The van der Waals surface area contributed by atoms with Crippen LogP contribution >= 0.6 is 0 Å². The molecule has 3 nitrogen and oxygen atoms in total. The molecule has 0 bridgehead atoms. The minimum absolute atomic E-state index is 0.360. The molecule has 110 valence electrons. The lowest BCUT2D eigenvalue weighted by Gasteiger charge is -2.14. The quantitative estimate of drug-likeness (QED) is 0.934. The van der Waals surface area contributed by atoms with Crippen molar-refractivity contribution < 1.29 is 0 Å². The van der Waals surface area contributed by atoms with Gasteiger partial charge in [0.1, 0.15) is 5.82 Å². The van der Waals surface area contributed by atoms with Crippen molar-refractivity contribution in [2.45, 2.75) is 52.1 Å². The summed E-state index contributed by atoms with van der Waals surface area (Å²) in [5.41, 5.74) is 5.01. The van der Waals surface area contributed by atoms with Gasteiger partial charge < -0.3 is 5.32 Å². The van der Waals surface area contributed by atoms with Gasteiger partial charge in [-0.3, -0.25) is 0 Å². The standard InChI is InChI=1S/C18H23N3/c1-12(2)19-11-15-10-13(3)20-18(21-15)17-9-8-14-6-4-5-7-16(14)17/h4-7,10,12,17,19H,8-9,11H2,1-3H3. The van der Waals surface area contributed by atoms with E-state index in [1.807, 2.05) is 0 Å². The monoisotopic (exact) mass is 281 g/mol. The number of nitrogens with zero attached hydrogens (tertiary/aromatic N) is 2. The summed E-state index contributed by atoms with van der Waals surface area (Å²) < 4.78 is 0. The van der Waals surface area contributed by atoms with Gasteiger partial charge >= 0.3 is 0 Å². The highest BCUT2D eigenvalue weighted by molar-refractivity contribution is 5.38. The predicted molar refractivity (Wildman–Crippen MR) is 85.4 cm³/mol. The molecule has 0 amide bonds. The van der Waals surface area contributed by atoms with E-state index in [-0.39, 0.29) is 0 Å². The van der Waals surface area contributed by atoms with Gasteiger partial charge in [0.05, 0.1) is 5.69 Å². The second-order valence-electron chi connectivity index (χ2n) is 6.18. The zero-order chi connectivity index (χ0) is 14.8. The Bertz CT molecular complexity index is 634. The van der Waals surface area contributed by atoms with E-state index in [0.717, 1.165) is 36.6 Å². The second kappa shape index (κ2) is 5.94. The summed E-state index contributed by atoms with van der Waals surface area (Å²) in [7, 11) is 0. The van der Waals surface area contributed by atoms with Crippen molar-refractivity contribution in [1.82, 2.24) is 15.3 Å². The van der Waals surface area contributed by atoms with Gasteiger partial charge in [-0.2, -0.15) is 0 Å². The molecule has 0 fully saturated rings. The molecular weight excluding hydrogens is 258 g/mol. The van der Waals surface area contributed by atoms with Crippen LogP contribution in [0, 0.1) is 6.92 Å². The molecule has 3 rings (SSSR count). The molecule has 1 unspecified atom stereocenters. The largest absolute Gasteiger partial charge is 0.309 e. The van der Waals surface area contributed by atoms with Gasteiger partial charge in [-0.1, -0.05) is 38.1 Å². The molecule has 1 heterocycles. The van der Waals surface area contributed by atoms with Crippen molar-refractivity contribution in [3.8, 4) is 0 Å². The molecule has 3 heteroatoms. The number of benzene rings is 1. The molecule has 2 aromatic rings. The molecule has 1 N–H and O–H groups in total. The van der Waals surface area contributed by atoms with Crippen LogP contribution in [-0.4, -0.2) is 16.0 Å². The van der Waals surface area contributed by atoms with E-state index in [0.29, 0.717) is 12.0 Å². The number of rotatable bonds is 4. The van der Waals surface area contributed by atoms with Crippen LogP contribution in [0.4, 0.5) is 0 Å². The lowest BCUT2D eigenvalue weighted by atomic mass is 10.0. The first-order chi connectivity index (χ1) is 10.1. The lowest BCUT2D eigenvalue weighted by Crippen LogP contribution is -2.23. The van der Waals surface area contributed by atoms with Gasteiger partial charge in [-0.05, 0) is 37.0 Å². The zero-order valence-electron chi connectivity index (χ0n) is 13.1. The number of aromatic nitrogens is 2. The summed E-state index contributed by atoms with van der Waals surface area (Å²) in [6.07, 6.45) is 2.26. The highest BCUT2D eigenvalue weighted by Gasteiger charge is 2.26. The van der Waals surface area contributed by atoms with E-state index >= 15 is 0 Å². The summed E-state index contributed by atoms with van der Waals surface area (Å²) in [5, 5.41) is 3.44. The Labute approximate surface area is 126 Å².